The number of pyridine rings is 2. The lowest BCUT2D eigenvalue weighted by atomic mass is 9.81. The van der Waals surface area contributed by atoms with Gasteiger partial charge >= 0.3 is 0 Å². The molecule has 3 heterocycles. The second kappa shape index (κ2) is 78.7. The van der Waals surface area contributed by atoms with Gasteiger partial charge < -0.3 is 63.4 Å². The second-order valence-electron chi connectivity index (χ2n) is 41.6. The maximum atomic E-state index is 10.7. The van der Waals surface area contributed by atoms with Gasteiger partial charge in [-0.05, 0) is 395 Å². The first-order valence-electron chi connectivity index (χ1n) is 58.4. The van der Waals surface area contributed by atoms with Crippen molar-refractivity contribution in [3.63, 3.8) is 0 Å². The number of hydrogen-bond acceptors (Lipinski definition) is 16. The number of nitrogens with zero attached hydrogens (tertiary/aromatic N) is 2. The highest BCUT2D eigenvalue weighted by molar-refractivity contribution is 7.99. The van der Waals surface area contributed by atoms with Gasteiger partial charge in [-0.15, -0.1) is 0 Å². The Morgan fingerprint density at radius 3 is 0.926 bits per heavy atom. The number of aromatic nitrogens is 2. The fourth-order valence-electron chi connectivity index (χ4n) is 19.3. The van der Waals surface area contributed by atoms with Crippen LogP contribution in [-0.4, -0.2) is 129 Å². The van der Waals surface area contributed by atoms with Crippen molar-refractivity contribution in [2.45, 2.75) is 406 Å². The van der Waals surface area contributed by atoms with Crippen LogP contribution in [0, 0.1) is 5.92 Å². The van der Waals surface area contributed by atoms with Gasteiger partial charge in [0.25, 0.3) is 0 Å². The van der Waals surface area contributed by atoms with Crippen LogP contribution >= 0.6 is 11.8 Å². The minimum atomic E-state index is -0.496. The topological polar surface area (TPSA) is 201 Å². The molecule has 0 radical (unpaired) electrons. The lowest BCUT2D eigenvalue weighted by molar-refractivity contribution is -0.00346. The molecule has 1 aliphatic heterocycles. The van der Waals surface area contributed by atoms with Crippen molar-refractivity contribution in [1.29, 1.82) is 0 Å². The number of benzene rings is 8. The molecule has 0 amide bonds. The third kappa shape index (κ3) is 57.8. The molecule has 822 valence electrons. The van der Waals surface area contributed by atoms with Crippen LogP contribution in [0.5, 0.6) is 46.0 Å². The minimum Gasteiger partial charge on any atom is -0.494 e. The van der Waals surface area contributed by atoms with Crippen LogP contribution < -0.4 is 37.9 Å². The van der Waals surface area contributed by atoms with Gasteiger partial charge in [0, 0.05) is 30.9 Å². The Morgan fingerprint density at radius 2 is 0.597 bits per heavy atom. The van der Waals surface area contributed by atoms with Gasteiger partial charge in [-0.1, -0.05) is 281 Å². The largest absolute Gasteiger partial charge is 0.494 e. The molecule has 0 unspecified atom stereocenters. The Bertz CT molecular complexity index is 4720. The Labute approximate surface area is 907 Å². The molecule has 1 saturated heterocycles. The van der Waals surface area contributed by atoms with E-state index in [9.17, 15) is 20.4 Å². The highest BCUT2D eigenvalue weighted by Gasteiger charge is 2.32. The summed E-state index contributed by atoms with van der Waals surface area (Å²) >= 11 is 1.95. The highest BCUT2D eigenvalue weighted by Crippen LogP contribution is 2.37. The number of hydrogen-bond donors (Lipinski definition) is 5. The van der Waals surface area contributed by atoms with Crippen molar-refractivity contribution in [3.05, 3.63) is 299 Å². The molecule has 0 atom stereocenters. The van der Waals surface area contributed by atoms with Crippen LogP contribution in [-0.2, 0) is 64.2 Å². The molecular weight excluding hydrogens is 1870 g/mol. The van der Waals surface area contributed by atoms with E-state index in [1.165, 1.54) is 153 Å². The van der Waals surface area contributed by atoms with E-state index in [4.69, 9.17) is 43.0 Å². The number of rotatable bonds is 56. The zero-order valence-electron chi connectivity index (χ0n) is 93.9. The summed E-state index contributed by atoms with van der Waals surface area (Å²) in [5.41, 5.74) is 11.1. The standard InChI is InChI=1S/C18H28O2.C18H30O2.C17H26O2.C17H26O.2C16H19NO.C16H24O2S.C15H24O2/c1-2-14-20-17-9-7-8-16(15-17)10-13-18(19)11-5-3-4-6-12-18;1-4-11-18(19,12-5-2)13-10-16-8-7-9-17(15-16)20-14-6-3;1-2-13-19-16-8-6-7-15(14-16)9-12-17(18)10-4-3-5-11-17;1-2-13-18-17-12-6-11-16(14-17)10-5-9-15-7-3-4-8-15;1-2-11-18-16-7-3-5-14(12-16)8-9-15-6-4-10-17-13-15;1-2-12-18-16-8-5-6-14(13-16)9-10-15-7-3-4-11-17-15;1-2-10-18-15-5-3-4-14(13-15)6-7-16(17)8-11-19-12-9-16;1-2-12-17-15-10-7-9-14(13-15)8-5-3-4-6-11-16/h7-9,15,19H,2-6,10-14H2,1H3;7-9,15,19H,4-6,10-14H2,1-3H3;6-8,14,18H,2-5,9-13H2,1H3;6,11-12,14-15H,2-5,7-10,13H2,1H3;3-7,10,12-13H,2,8-9,11H2,1H3;3-8,11,13H,2,9-10,12H2,1H3;3-5,13,17H,2,6-12H2,1H3;7,9-10,13,16H,2-6,8,11-12H2,1H3. The van der Waals surface area contributed by atoms with Crippen LogP contribution in [0.4, 0.5) is 0 Å². The quantitative estimate of drug-likeness (QED) is 0.0178. The molecule has 3 saturated carbocycles. The average Bonchev–Trinajstić information content (AvgIpc) is 1.64. The van der Waals surface area contributed by atoms with E-state index in [1.54, 1.807) is 0 Å². The molecule has 2 aromatic heterocycles. The maximum absolute atomic E-state index is 10.7. The molecule has 8 aromatic carbocycles. The molecule has 0 bridgehead atoms. The zero-order valence-corrected chi connectivity index (χ0v) is 94.7. The molecule has 15 nitrogen and oxygen atoms in total. The SMILES string of the molecule is CCCOc1cccc(CCC(O)(CCC)CCC)c1.CCCOc1cccc(CCC2(O)CCCCC2)c1.CCCOc1cccc(CCC2(O)CCCCCC2)c1.CCCOc1cccc(CCC2(O)CCSCC2)c1.CCCOc1cccc(CCCC2CCCC2)c1.CCCOc1cccc(CCCCCCO)c1.CCCOc1cccc(CCc2ccccn2)c1.CCCOc1cccc(CCc2cccnc2)c1. The van der Waals surface area contributed by atoms with Gasteiger partial charge in [0.2, 0.25) is 0 Å². The molecule has 16 heteroatoms. The monoisotopic (exact) mass is 2060 g/mol. The number of aliphatic hydroxyl groups is 5. The average molecular weight is 2060 g/mol. The Hall–Kier alpha value is -9.39. The fourth-order valence-corrected chi connectivity index (χ4v) is 20.6. The third-order valence-electron chi connectivity index (χ3n) is 27.9. The Morgan fingerprint density at radius 1 is 0.289 bits per heavy atom. The number of aliphatic hydroxyl groups excluding tert-OH is 1. The first-order valence-corrected chi connectivity index (χ1v) is 59.6. The predicted octanol–water partition coefficient (Wildman–Crippen LogP) is 32.9. The summed E-state index contributed by atoms with van der Waals surface area (Å²) in [6.07, 6.45) is 58.7. The highest BCUT2D eigenvalue weighted by atomic mass is 32.2. The number of aryl methyl sites for hydroxylation is 10. The zero-order chi connectivity index (χ0) is 106. The van der Waals surface area contributed by atoms with E-state index in [0.29, 0.717) is 6.61 Å². The van der Waals surface area contributed by atoms with Crippen molar-refractivity contribution in [1.82, 2.24) is 9.97 Å². The minimum absolute atomic E-state index is 0.320. The number of unbranched alkanes of at least 4 members (excludes halogenated alkanes) is 3. The van der Waals surface area contributed by atoms with Crippen LogP contribution in [0.25, 0.3) is 0 Å². The maximum Gasteiger partial charge on any atom is 0.119 e. The predicted molar refractivity (Wildman–Crippen MR) is 626 cm³/mol. The van der Waals surface area contributed by atoms with Crippen LogP contribution in [0.1, 0.15) is 375 Å². The van der Waals surface area contributed by atoms with Crippen molar-refractivity contribution in [2.24, 2.45) is 5.92 Å². The Balaban J connectivity index is 0.000000230. The summed E-state index contributed by atoms with van der Waals surface area (Å²) in [4.78, 5) is 8.46. The summed E-state index contributed by atoms with van der Waals surface area (Å²) in [7, 11) is 0. The van der Waals surface area contributed by atoms with Crippen LogP contribution in [0.3, 0.4) is 0 Å². The van der Waals surface area contributed by atoms with Crippen molar-refractivity contribution in [3.8, 4) is 46.0 Å². The summed E-state index contributed by atoms with van der Waals surface area (Å²) in [6.45, 7) is 27.8. The van der Waals surface area contributed by atoms with Gasteiger partial charge in [-0.25, -0.2) is 0 Å². The molecule has 149 heavy (non-hydrogen) atoms. The van der Waals surface area contributed by atoms with E-state index in [0.717, 1.165) is 334 Å². The van der Waals surface area contributed by atoms with Crippen molar-refractivity contribution < 1.29 is 63.4 Å². The Kier molecular flexibility index (Phi) is 66.8. The van der Waals surface area contributed by atoms with Crippen LogP contribution in [0.15, 0.2) is 243 Å². The second-order valence-corrected chi connectivity index (χ2v) is 42.8. The molecule has 0 spiro atoms. The van der Waals surface area contributed by atoms with Crippen molar-refractivity contribution >= 4 is 11.8 Å². The summed E-state index contributed by atoms with van der Waals surface area (Å²) in [5, 5.41) is 51.0. The molecule has 4 aliphatic rings. The molecule has 3 aliphatic carbocycles. The lowest BCUT2D eigenvalue weighted by Gasteiger charge is -2.32. The lowest BCUT2D eigenvalue weighted by Crippen LogP contribution is -2.33. The summed E-state index contributed by atoms with van der Waals surface area (Å²) in [5.74, 6) is 11.0. The smallest absolute Gasteiger partial charge is 0.119 e. The normalized spacial score (nSPS) is 14.3. The third-order valence-corrected chi connectivity index (χ3v) is 28.9. The summed E-state index contributed by atoms with van der Waals surface area (Å²) in [6, 6.07) is 77.0. The van der Waals surface area contributed by atoms with E-state index in [2.05, 4.69) is 225 Å². The first-order chi connectivity index (χ1) is 72.8. The molecule has 5 N–H and O–H groups in total. The first kappa shape index (κ1) is 127. The van der Waals surface area contributed by atoms with Gasteiger partial charge in [0.15, 0.2) is 0 Å². The molecule has 10 aromatic rings. The number of thioether (sulfide) groups is 1. The van der Waals surface area contributed by atoms with Crippen LogP contribution in [0.2, 0.25) is 0 Å². The van der Waals surface area contributed by atoms with E-state index < -0.39 is 22.4 Å². The van der Waals surface area contributed by atoms with E-state index >= 15 is 0 Å². The fraction of sp³-hybridized carbons (Fsp3) is 0.564. The molecule has 4 fully saturated rings. The molecule has 14 rings (SSSR count). The van der Waals surface area contributed by atoms with E-state index in [1.807, 2.05) is 109 Å². The van der Waals surface area contributed by atoms with Crippen molar-refractivity contribution in [2.75, 3.05) is 71.0 Å². The van der Waals surface area contributed by atoms with Gasteiger partial charge in [-0.2, -0.15) is 11.8 Å². The van der Waals surface area contributed by atoms with E-state index in [-0.39, 0.29) is 0 Å². The van der Waals surface area contributed by atoms with Gasteiger partial charge in [-0.3, -0.25) is 9.97 Å². The van der Waals surface area contributed by atoms with Gasteiger partial charge in [0.1, 0.15) is 46.0 Å². The summed E-state index contributed by atoms with van der Waals surface area (Å²) < 4.78 is 45.2. The number of ether oxygens (including phenoxy) is 8. The molecular formula is C133H196N2O13S. The van der Waals surface area contributed by atoms with Gasteiger partial charge in [0.05, 0.1) is 75.3 Å².